The number of allylic oxidation sites excluding steroid dienone is 1. The monoisotopic (exact) mass is 374 g/mol. The van der Waals surface area contributed by atoms with Crippen molar-refractivity contribution in [3.05, 3.63) is 40.5 Å². The number of ether oxygens (including phenoxy) is 3. The van der Waals surface area contributed by atoms with Crippen LogP contribution in [0.3, 0.4) is 0 Å². The summed E-state index contributed by atoms with van der Waals surface area (Å²) in [5.74, 6) is 0.0399. The lowest BCUT2D eigenvalue weighted by Gasteiger charge is -2.24. The first-order valence-corrected chi connectivity index (χ1v) is 9.24. The number of esters is 2. The summed E-state index contributed by atoms with van der Waals surface area (Å²) in [7, 11) is 0. The third kappa shape index (κ3) is 4.33. The van der Waals surface area contributed by atoms with E-state index in [1.807, 2.05) is 32.9 Å². The molecule has 1 fully saturated rings. The summed E-state index contributed by atoms with van der Waals surface area (Å²) in [4.78, 5) is 24.0. The summed E-state index contributed by atoms with van der Waals surface area (Å²) < 4.78 is 16.5. The van der Waals surface area contributed by atoms with E-state index < -0.39 is 11.6 Å². The predicted octanol–water partition coefficient (Wildman–Crippen LogP) is 2.64. The maximum atomic E-state index is 12.1. The fourth-order valence-electron chi connectivity index (χ4n) is 3.46. The SMILES string of the molecule is CC(C)=C1CC(CO)(COC(=O)CCC2Cc3cc(C)ccc3O2)OC1=O. The zero-order valence-electron chi connectivity index (χ0n) is 16.0. The Kier molecular flexibility index (Phi) is 5.56. The number of hydrogen-bond donors (Lipinski definition) is 1. The Balaban J connectivity index is 1.48. The number of aryl methyl sites for hydroxylation is 1. The van der Waals surface area contributed by atoms with Crippen LogP contribution in [0.5, 0.6) is 5.75 Å². The van der Waals surface area contributed by atoms with Crippen LogP contribution in [-0.2, 0) is 25.5 Å². The molecule has 1 aromatic carbocycles. The fourth-order valence-corrected chi connectivity index (χ4v) is 3.46. The maximum Gasteiger partial charge on any atom is 0.334 e. The van der Waals surface area contributed by atoms with Gasteiger partial charge in [-0.2, -0.15) is 0 Å². The van der Waals surface area contributed by atoms with Crippen molar-refractivity contribution < 1.29 is 28.9 Å². The molecule has 0 bridgehead atoms. The number of fused-ring (bicyclic) bond motifs is 1. The Morgan fingerprint density at radius 2 is 2.15 bits per heavy atom. The second-order valence-corrected chi connectivity index (χ2v) is 7.64. The van der Waals surface area contributed by atoms with Crippen molar-refractivity contribution in [1.29, 1.82) is 0 Å². The van der Waals surface area contributed by atoms with Gasteiger partial charge in [-0.3, -0.25) is 4.79 Å². The predicted molar refractivity (Wildman–Crippen MR) is 98.4 cm³/mol. The normalized spacial score (nSPS) is 23.6. The third-order valence-electron chi connectivity index (χ3n) is 5.07. The lowest BCUT2D eigenvalue weighted by molar-refractivity contribution is -0.166. The van der Waals surface area contributed by atoms with E-state index in [0.717, 1.165) is 17.7 Å². The average molecular weight is 374 g/mol. The summed E-state index contributed by atoms with van der Waals surface area (Å²) in [5, 5.41) is 9.66. The maximum absolute atomic E-state index is 12.1. The summed E-state index contributed by atoms with van der Waals surface area (Å²) in [6.45, 7) is 5.14. The molecule has 6 heteroatoms. The molecule has 0 aromatic heterocycles. The van der Waals surface area contributed by atoms with E-state index in [0.29, 0.717) is 12.0 Å². The first-order valence-electron chi connectivity index (χ1n) is 9.24. The number of cyclic esters (lactones) is 1. The van der Waals surface area contributed by atoms with Crippen molar-refractivity contribution in [3.63, 3.8) is 0 Å². The van der Waals surface area contributed by atoms with Gasteiger partial charge in [0.05, 0.1) is 6.61 Å². The van der Waals surface area contributed by atoms with Crippen molar-refractivity contribution in [2.24, 2.45) is 0 Å². The van der Waals surface area contributed by atoms with Gasteiger partial charge in [0.2, 0.25) is 0 Å². The number of carbonyl (C=O) groups excluding carboxylic acids is 2. The molecule has 0 spiro atoms. The number of rotatable bonds is 6. The van der Waals surface area contributed by atoms with E-state index in [-0.39, 0.29) is 38.1 Å². The van der Waals surface area contributed by atoms with Gasteiger partial charge in [-0.15, -0.1) is 0 Å². The Hall–Kier alpha value is -2.34. The minimum Gasteiger partial charge on any atom is -0.490 e. The lowest BCUT2D eigenvalue weighted by Crippen LogP contribution is -2.39. The zero-order chi connectivity index (χ0) is 19.6. The molecule has 27 heavy (non-hydrogen) atoms. The summed E-state index contributed by atoms with van der Waals surface area (Å²) in [5.41, 5.74) is 2.56. The number of aliphatic hydroxyl groups excluding tert-OH is 1. The Morgan fingerprint density at radius 1 is 1.37 bits per heavy atom. The lowest BCUT2D eigenvalue weighted by atomic mass is 9.97. The second-order valence-electron chi connectivity index (χ2n) is 7.64. The molecule has 1 aromatic rings. The molecule has 1 N–H and O–H groups in total. The van der Waals surface area contributed by atoms with Crippen LogP contribution in [0, 0.1) is 6.92 Å². The van der Waals surface area contributed by atoms with Crippen molar-refractivity contribution >= 4 is 11.9 Å². The van der Waals surface area contributed by atoms with E-state index in [1.165, 1.54) is 11.1 Å². The van der Waals surface area contributed by atoms with Crippen molar-refractivity contribution in [2.45, 2.75) is 58.2 Å². The topological polar surface area (TPSA) is 82.1 Å². The van der Waals surface area contributed by atoms with Gasteiger partial charge in [0, 0.05) is 24.8 Å². The Labute approximate surface area is 159 Å². The number of carbonyl (C=O) groups is 2. The molecule has 2 heterocycles. The van der Waals surface area contributed by atoms with Crippen LogP contribution >= 0.6 is 0 Å². The van der Waals surface area contributed by atoms with E-state index in [4.69, 9.17) is 14.2 Å². The first kappa shape index (κ1) is 19.4. The summed E-state index contributed by atoms with van der Waals surface area (Å²) in [6.07, 6.45) is 1.76. The summed E-state index contributed by atoms with van der Waals surface area (Å²) in [6, 6.07) is 6.07. The van der Waals surface area contributed by atoms with Crippen molar-refractivity contribution in [1.82, 2.24) is 0 Å². The molecular weight excluding hydrogens is 348 g/mol. The van der Waals surface area contributed by atoms with E-state index in [9.17, 15) is 14.7 Å². The average Bonchev–Trinajstić information content (AvgIpc) is 3.18. The molecule has 146 valence electrons. The smallest absolute Gasteiger partial charge is 0.334 e. The van der Waals surface area contributed by atoms with Gasteiger partial charge in [0.15, 0.2) is 5.60 Å². The first-order chi connectivity index (χ1) is 12.8. The highest BCUT2D eigenvalue weighted by atomic mass is 16.6. The minimum absolute atomic E-state index is 0.0391. The Morgan fingerprint density at radius 3 is 2.81 bits per heavy atom. The molecule has 0 radical (unpaired) electrons. The van der Waals surface area contributed by atoms with E-state index in [1.54, 1.807) is 0 Å². The second kappa shape index (κ2) is 7.72. The molecule has 0 saturated carbocycles. The quantitative estimate of drug-likeness (QED) is 0.609. The van der Waals surface area contributed by atoms with Gasteiger partial charge in [-0.25, -0.2) is 4.79 Å². The standard InChI is InChI=1S/C21H26O6/c1-13(2)17-10-21(11-22,27-20(17)24)12-25-19(23)7-5-16-9-15-8-14(3)4-6-18(15)26-16/h4,6,8,16,22H,5,7,9-12H2,1-3H3. The molecule has 6 nitrogen and oxygen atoms in total. The molecule has 2 atom stereocenters. The van der Waals surface area contributed by atoms with E-state index >= 15 is 0 Å². The molecule has 3 rings (SSSR count). The van der Waals surface area contributed by atoms with Crippen LogP contribution in [0.4, 0.5) is 0 Å². The molecule has 2 aliphatic heterocycles. The largest absolute Gasteiger partial charge is 0.490 e. The number of aliphatic hydroxyl groups is 1. The molecule has 1 saturated heterocycles. The zero-order valence-corrected chi connectivity index (χ0v) is 16.0. The molecule has 2 unspecified atom stereocenters. The minimum atomic E-state index is -1.17. The van der Waals surface area contributed by atoms with Crippen LogP contribution in [0.25, 0.3) is 0 Å². The van der Waals surface area contributed by atoms with Gasteiger partial charge in [-0.05, 0) is 38.8 Å². The Bertz CT molecular complexity index is 777. The van der Waals surface area contributed by atoms with Gasteiger partial charge in [0.25, 0.3) is 0 Å². The van der Waals surface area contributed by atoms with Crippen LogP contribution in [-0.4, -0.2) is 42.0 Å². The third-order valence-corrected chi connectivity index (χ3v) is 5.07. The number of benzene rings is 1. The highest BCUT2D eigenvalue weighted by Crippen LogP contribution is 2.33. The fraction of sp³-hybridized carbons (Fsp3) is 0.524. The van der Waals surface area contributed by atoms with Gasteiger partial charge in [-0.1, -0.05) is 23.3 Å². The summed E-state index contributed by atoms with van der Waals surface area (Å²) >= 11 is 0. The molecule has 0 amide bonds. The van der Waals surface area contributed by atoms with Crippen LogP contribution in [0.2, 0.25) is 0 Å². The molecule has 0 aliphatic carbocycles. The van der Waals surface area contributed by atoms with Gasteiger partial charge in [0.1, 0.15) is 18.5 Å². The van der Waals surface area contributed by atoms with Crippen molar-refractivity contribution in [3.8, 4) is 5.75 Å². The van der Waals surface area contributed by atoms with E-state index in [2.05, 4.69) is 6.07 Å². The highest BCUT2D eigenvalue weighted by Gasteiger charge is 2.45. The van der Waals surface area contributed by atoms with Crippen LogP contribution < -0.4 is 4.74 Å². The van der Waals surface area contributed by atoms with Crippen molar-refractivity contribution in [2.75, 3.05) is 13.2 Å². The van der Waals surface area contributed by atoms with Crippen LogP contribution in [0.15, 0.2) is 29.3 Å². The van der Waals surface area contributed by atoms with Crippen LogP contribution in [0.1, 0.15) is 44.2 Å². The van der Waals surface area contributed by atoms with Gasteiger partial charge >= 0.3 is 11.9 Å². The molecular formula is C21H26O6. The number of hydrogen-bond acceptors (Lipinski definition) is 6. The highest BCUT2D eigenvalue weighted by molar-refractivity contribution is 5.92. The van der Waals surface area contributed by atoms with Gasteiger partial charge < -0.3 is 19.3 Å². The molecule has 2 aliphatic rings.